The van der Waals surface area contributed by atoms with Crippen molar-refractivity contribution < 1.29 is 4.39 Å². The highest BCUT2D eigenvalue weighted by Gasteiger charge is 2.23. The summed E-state index contributed by atoms with van der Waals surface area (Å²) in [6.45, 7) is 4.45. The summed E-state index contributed by atoms with van der Waals surface area (Å²) >= 11 is 0. The van der Waals surface area contributed by atoms with E-state index >= 15 is 0 Å². The number of nitrogens with one attached hydrogen (secondary N) is 1. The van der Waals surface area contributed by atoms with Crippen molar-refractivity contribution in [3.63, 3.8) is 0 Å². The van der Waals surface area contributed by atoms with E-state index in [1.54, 1.807) is 6.07 Å². The van der Waals surface area contributed by atoms with Crippen LogP contribution in [0.1, 0.15) is 36.3 Å². The standard InChI is InChI=1S/C25H28FN3/c26-21-8-9-24-22(17-21)23(18-27-24)19-10-15-28(16-11-19)12-4-14-29-13-3-6-20-5-1-2-7-25(20)29/h1-3,5,7-9,13,17-19,27H,4,6,10-12,14-16H2. The molecule has 1 N–H and O–H groups in total. The number of fused-ring (bicyclic) bond motifs is 2. The van der Waals surface area contributed by atoms with Crippen LogP contribution in [0.4, 0.5) is 10.1 Å². The van der Waals surface area contributed by atoms with Crippen molar-refractivity contribution in [2.45, 2.75) is 31.6 Å². The van der Waals surface area contributed by atoms with E-state index in [1.807, 2.05) is 6.07 Å². The number of anilines is 1. The number of H-pyrrole nitrogens is 1. The summed E-state index contributed by atoms with van der Waals surface area (Å²) in [7, 11) is 0. The van der Waals surface area contributed by atoms with Crippen molar-refractivity contribution in [3.05, 3.63) is 77.9 Å². The maximum absolute atomic E-state index is 13.7. The molecule has 5 rings (SSSR count). The molecule has 150 valence electrons. The first-order valence-corrected chi connectivity index (χ1v) is 10.8. The van der Waals surface area contributed by atoms with Crippen LogP contribution in [0.15, 0.2) is 60.9 Å². The lowest BCUT2D eigenvalue weighted by molar-refractivity contribution is 0.211. The van der Waals surface area contributed by atoms with E-state index in [1.165, 1.54) is 29.3 Å². The molecule has 29 heavy (non-hydrogen) atoms. The second-order valence-electron chi connectivity index (χ2n) is 8.31. The third kappa shape index (κ3) is 3.82. The number of likely N-dealkylation sites (tertiary alicyclic amines) is 1. The van der Waals surface area contributed by atoms with Gasteiger partial charge < -0.3 is 14.8 Å². The predicted octanol–water partition coefficient (Wildman–Crippen LogP) is 5.45. The van der Waals surface area contributed by atoms with Gasteiger partial charge in [0.2, 0.25) is 0 Å². The molecule has 0 saturated carbocycles. The predicted molar refractivity (Wildman–Crippen MR) is 118 cm³/mol. The number of halogens is 1. The van der Waals surface area contributed by atoms with Gasteiger partial charge in [-0.1, -0.05) is 24.3 Å². The fourth-order valence-electron chi connectivity index (χ4n) is 4.93. The second kappa shape index (κ2) is 8.03. The van der Waals surface area contributed by atoms with Crippen molar-refractivity contribution >= 4 is 16.6 Å². The second-order valence-corrected chi connectivity index (χ2v) is 8.31. The molecule has 1 aromatic heterocycles. The van der Waals surface area contributed by atoms with Crippen molar-refractivity contribution in [1.82, 2.24) is 9.88 Å². The average molecular weight is 390 g/mol. The van der Waals surface area contributed by atoms with Crippen LogP contribution in [-0.4, -0.2) is 36.1 Å². The van der Waals surface area contributed by atoms with E-state index in [9.17, 15) is 4.39 Å². The molecule has 0 amide bonds. The lowest BCUT2D eigenvalue weighted by atomic mass is 9.89. The van der Waals surface area contributed by atoms with Gasteiger partial charge in [-0.15, -0.1) is 0 Å². The molecule has 3 aromatic rings. The summed E-state index contributed by atoms with van der Waals surface area (Å²) in [6, 6.07) is 13.8. The maximum Gasteiger partial charge on any atom is 0.123 e. The monoisotopic (exact) mass is 389 g/mol. The van der Waals surface area contributed by atoms with Crippen molar-refractivity contribution in [2.75, 3.05) is 31.1 Å². The molecule has 0 spiro atoms. The summed E-state index contributed by atoms with van der Waals surface area (Å²) in [6.07, 6.45) is 11.1. The lowest BCUT2D eigenvalue weighted by Crippen LogP contribution is -2.35. The van der Waals surface area contributed by atoms with E-state index in [4.69, 9.17) is 0 Å². The number of para-hydroxylation sites is 1. The fourth-order valence-corrected chi connectivity index (χ4v) is 4.93. The van der Waals surface area contributed by atoms with Crippen LogP contribution in [-0.2, 0) is 6.42 Å². The molecule has 0 unspecified atom stereocenters. The number of rotatable bonds is 5. The van der Waals surface area contributed by atoms with Gasteiger partial charge in [-0.25, -0.2) is 4.39 Å². The Balaban J connectivity index is 1.14. The molecule has 2 aliphatic rings. The number of benzene rings is 2. The Bertz CT molecular complexity index is 1010. The molecule has 1 saturated heterocycles. The van der Waals surface area contributed by atoms with Crippen molar-refractivity contribution in [1.29, 1.82) is 0 Å². The SMILES string of the molecule is Fc1ccc2[nH]cc(C3CCN(CCCN4C=CCc5ccccc54)CC3)c2c1. The number of hydrogen-bond acceptors (Lipinski definition) is 2. The zero-order chi connectivity index (χ0) is 19.6. The Morgan fingerprint density at radius 3 is 2.79 bits per heavy atom. The van der Waals surface area contributed by atoms with E-state index < -0.39 is 0 Å². The highest BCUT2D eigenvalue weighted by Crippen LogP contribution is 2.33. The van der Waals surface area contributed by atoms with Gasteiger partial charge in [-0.05, 0) is 86.6 Å². The van der Waals surface area contributed by atoms with Crippen molar-refractivity contribution in [3.8, 4) is 0 Å². The summed E-state index contributed by atoms with van der Waals surface area (Å²) < 4.78 is 13.7. The number of nitrogens with zero attached hydrogens (tertiary/aromatic N) is 2. The number of aromatic nitrogens is 1. The van der Waals surface area contributed by atoms with Crippen molar-refractivity contribution in [2.24, 2.45) is 0 Å². The van der Waals surface area contributed by atoms with Gasteiger partial charge in [0.15, 0.2) is 0 Å². The highest BCUT2D eigenvalue weighted by molar-refractivity contribution is 5.83. The molecule has 3 heterocycles. The van der Waals surface area contributed by atoms with Crippen LogP contribution in [0.5, 0.6) is 0 Å². The summed E-state index contributed by atoms with van der Waals surface area (Å²) in [5.41, 5.74) is 5.11. The van der Waals surface area contributed by atoms with Gasteiger partial charge in [0.1, 0.15) is 5.82 Å². The Labute approximate surface area is 171 Å². The first-order chi connectivity index (χ1) is 14.3. The minimum atomic E-state index is -0.149. The molecule has 2 aromatic carbocycles. The van der Waals surface area contributed by atoms with Crippen LogP contribution in [0.3, 0.4) is 0 Å². The van der Waals surface area contributed by atoms with Gasteiger partial charge in [-0.2, -0.15) is 0 Å². The van der Waals surface area contributed by atoms with Crippen LogP contribution in [0.2, 0.25) is 0 Å². The molecule has 1 fully saturated rings. The molecular formula is C25H28FN3. The summed E-state index contributed by atoms with van der Waals surface area (Å²) in [5.74, 6) is 0.378. The third-order valence-corrected chi connectivity index (χ3v) is 6.50. The largest absolute Gasteiger partial charge is 0.361 e. The summed E-state index contributed by atoms with van der Waals surface area (Å²) in [4.78, 5) is 8.29. The van der Waals surface area contributed by atoms with E-state index in [0.29, 0.717) is 5.92 Å². The van der Waals surface area contributed by atoms with Gasteiger partial charge in [0.05, 0.1) is 0 Å². The van der Waals surface area contributed by atoms with Crippen LogP contribution in [0, 0.1) is 5.82 Å². The van der Waals surface area contributed by atoms with E-state index in [0.717, 1.165) is 56.3 Å². The Kier molecular flexibility index (Phi) is 5.11. The molecule has 0 atom stereocenters. The third-order valence-electron chi connectivity index (χ3n) is 6.50. The molecule has 0 bridgehead atoms. The van der Waals surface area contributed by atoms with E-state index in [-0.39, 0.29) is 5.82 Å². The quantitative estimate of drug-likeness (QED) is 0.627. The Morgan fingerprint density at radius 1 is 1.03 bits per heavy atom. The number of aromatic amines is 1. The number of allylic oxidation sites excluding steroid dienone is 1. The lowest BCUT2D eigenvalue weighted by Gasteiger charge is -2.33. The topological polar surface area (TPSA) is 22.3 Å². The molecule has 4 heteroatoms. The average Bonchev–Trinajstić information content (AvgIpc) is 3.17. The Hall–Kier alpha value is -2.59. The fraction of sp³-hybridized carbons (Fsp3) is 0.360. The molecule has 0 aliphatic carbocycles. The highest BCUT2D eigenvalue weighted by atomic mass is 19.1. The minimum Gasteiger partial charge on any atom is -0.361 e. The molecule has 2 aliphatic heterocycles. The smallest absolute Gasteiger partial charge is 0.123 e. The van der Waals surface area contributed by atoms with Gasteiger partial charge in [0, 0.05) is 35.5 Å². The van der Waals surface area contributed by atoms with Crippen LogP contribution in [0.25, 0.3) is 10.9 Å². The zero-order valence-electron chi connectivity index (χ0n) is 16.8. The minimum absolute atomic E-state index is 0.149. The van der Waals surface area contributed by atoms with Gasteiger partial charge in [0.25, 0.3) is 0 Å². The van der Waals surface area contributed by atoms with Gasteiger partial charge in [-0.3, -0.25) is 0 Å². The first-order valence-electron chi connectivity index (χ1n) is 10.8. The molecule has 0 radical (unpaired) electrons. The number of hydrogen-bond donors (Lipinski definition) is 1. The van der Waals surface area contributed by atoms with Crippen LogP contribution < -0.4 is 4.90 Å². The van der Waals surface area contributed by atoms with E-state index in [2.05, 4.69) is 57.5 Å². The maximum atomic E-state index is 13.7. The first kappa shape index (κ1) is 18.4. The van der Waals surface area contributed by atoms with Crippen LogP contribution >= 0.6 is 0 Å². The summed E-state index contributed by atoms with van der Waals surface area (Å²) in [5, 5.41) is 1.05. The Morgan fingerprint density at radius 2 is 1.90 bits per heavy atom. The molecule has 3 nitrogen and oxygen atoms in total. The molecular weight excluding hydrogens is 361 g/mol. The zero-order valence-corrected chi connectivity index (χ0v) is 16.8. The number of piperidine rings is 1. The normalized spacial score (nSPS) is 17.8. The van der Waals surface area contributed by atoms with Gasteiger partial charge >= 0.3 is 0 Å².